The highest BCUT2D eigenvalue weighted by Gasteiger charge is 2.19. The van der Waals surface area contributed by atoms with Gasteiger partial charge < -0.3 is 19.3 Å². The van der Waals surface area contributed by atoms with E-state index in [1.807, 2.05) is 26.0 Å². The molecule has 1 aromatic carbocycles. The third-order valence-electron chi connectivity index (χ3n) is 4.20. The number of benzene rings is 1. The quantitative estimate of drug-likeness (QED) is 0.881. The van der Waals surface area contributed by atoms with Gasteiger partial charge in [0.2, 0.25) is 0 Å². The van der Waals surface area contributed by atoms with Gasteiger partial charge in [0.1, 0.15) is 18.1 Å². The van der Waals surface area contributed by atoms with E-state index in [1.54, 1.807) is 12.1 Å². The van der Waals surface area contributed by atoms with Gasteiger partial charge in [0.05, 0.1) is 22.9 Å². The average Bonchev–Trinajstić information content (AvgIpc) is 3.22. The summed E-state index contributed by atoms with van der Waals surface area (Å²) >= 11 is 0. The number of nitrogens with zero attached hydrogens (tertiary/aromatic N) is 1. The zero-order valence-corrected chi connectivity index (χ0v) is 14.0. The third-order valence-corrected chi connectivity index (χ3v) is 4.20. The second-order valence-corrected chi connectivity index (χ2v) is 5.93. The Kier molecular flexibility index (Phi) is 5.15. The van der Waals surface area contributed by atoms with Crippen LogP contribution in [0.3, 0.4) is 0 Å². The number of rotatable bonds is 6. The van der Waals surface area contributed by atoms with Crippen molar-refractivity contribution >= 4 is 5.91 Å². The standard InChI is InChI=1S/C18H22N2O4/c1-12-16(13(2)24-20-12)11-23-17-8-4-3-7-15(17)18(21)19-10-14-6-5-9-22-14/h3-4,7-8,14H,5-6,9-11H2,1-2H3,(H,19,21)/t14-/m0/s1. The largest absolute Gasteiger partial charge is 0.488 e. The Labute approximate surface area is 141 Å². The van der Waals surface area contributed by atoms with Crippen LogP contribution in [0.15, 0.2) is 28.8 Å². The fraction of sp³-hybridized carbons (Fsp3) is 0.444. The smallest absolute Gasteiger partial charge is 0.255 e. The molecule has 128 valence electrons. The zero-order chi connectivity index (χ0) is 16.9. The molecule has 0 spiro atoms. The first-order chi connectivity index (χ1) is 11.6. The maximum absolute atomic E-state index is 12.4. The molecule has 2 aromatic rings. The molecule has 2 heterocycles. The number of aromatic nitrogens is 1. The Morgan fingerprint density at radius 3 is 2.92 bits per heavy atom. The Balaban J connectivity index is 1.64. The molecule has 1 N–H and O–H groups in total. The fourth-order valence-corrected chi connectivity index (χ4v) is 2.75. The molecule has 0 saturated carbocycles. The summed E-state index contributed by atoms with van der Waals surface area (Å²) in [7, 11) is 0. The van der Waals surface area contributed by atoms with E-state index < -0.39 is 0 Å². The van der Waals surface area contributed by atoms with Gasteiger partial charge in [0.25, 0.3) is 5.91 Å². The highest BCUT2D eigenvalue weighted by atomic mass is 16.5. The number of aryl methyl sites for hydroxylation is 2. The molecule has 24 heavy (non-hydrogen) atoms. The summed E-state index contributed by atoms with van der Waals surface area (Å²) in [5.74, 6) is 1.12. The van der Waals surface area contributed by atoms with Gasteiger partial charge in [-0.2, -0.15) is 0 Å². The molecule has 1 atom stereocenters. The van der Waals surface area contributed by atoms with Crippen molar-refractivity contribution in [1.82, 2.24) is 10.5 Å². The first kappa shape index (κ1) is 16.5. The van der Waals surface area contributed by atoms with Crippen molar-refractivity contribution in [3.8, 4) is 5.75 Å². The predicted octanol–water partition coefficient (Wildman–Crippen LogP) is 2.78. The van der Waals surface area contributed by atoms with E-state index in [9.17, 15) is 4.79 Å². The lowest BCUT2D eigenvalue weighted by Crippen LogP contribution is -2.32. The third kappa shape index (κ3) is 3.76. The SMILES string of the molecule is Cc1noc(C)c1COc1ccccc1C(=O)NC[C@@H]1CCCO1. The second kappa shape index (κ2) is 7.49. The maximum atomic E-state index is 12.4. The van der Waals surface area contributed by atoms with E-state index in [4.69, 9.17) is 14.0 Å². The molecule has 0 radical (unpaired) electrons. The van der Waals surface area contributed by atoms with Gasteiger partial charge in [0, 0.05) is 13.2 Å². The van der Waals surface area contributed by atoms with Crippen molar-refractivity contribution < 1.29 is 18.8 Å². The summed E-state index contributed by atoms with van der Waals surface area (Å²) < 4.78 is 16.5. The van der Waals surface area contributed by atoms with Crippen LogP contribution in [0.4, 0.5) is 0 Å². The minimum absolute atomic E-state index is 0.115. The van der Waals surface area contributed by atoms with Gasteiger partial charge >= 0.3 is 0 Å². The molecule has 0 bridgehead atoms. The van der Waals surface area contributed by atoms with Gasteiger partial charge in [-0.1, -0.05) is 17.3 Å². The lowest BCUT2D eigenvalue weighted by Gasteiger charge is -2.13. The number of hydrogen-bond donors (Lipinski definition) is 1. The van der Waals surface area contributed by atoms with Crippen molar-refractivity contribution in [2.45, 2.75) is 39.4 Å². The van der Waals surface area contributed by atoms with Crippen LogP contribution < -0.4 is 10.1 Å². The predicted molar refractivity (Wildman–Crippen MR) is 88.1 cm³/mol. The van der Waals surface area contributed by atoms with Crippen molar-refractivity contribution in [3.63, 3.8) is 0 Å². The molecule has 6 heteroatoms. The van der Waals surface area contributed by atoms with E-state index in [1.165, 1.54) is 0 Å². The van der Waals surface area contributed by atoms with Crippen molar-refractivity contribution in [2.24, 2.45) is 0 Å². The van der Waals surface area contributed by atoms with Crippen LogP contribution in [0, 0.1) is 13.8 Å². The Morgan fingerprint density at radius 2 is 2.21 bits per heavy atom. The lowest BCUT2D eigenvalue weighted by atomic mass is 10.1. The molecule has 3 rings (SSSR count). The summed E-state index contributed by atoms with van der Waals surface area (Å²) in [5, 5.41) is 6.83. The van der Waals surface area contributed by atoms with E-state index >= 15 is 0 Å². The molecular formula is C18H22N2O4. The minimum Gasteiger partial charge on any atom is -0.488 e. The number of amides is 1. The molecule has 0 aliphatic carbocycles. The summed E-state index contributed by atoms with van der Waals surface area (Å²) in [4.78, 5) is 12.4. The maximum Gasteiger partial charge on any atom is 0.255 e. The topological polar surface area (TPSA) is 73.6 Å². The molecule has 1 fully saturated rings. The highest BCUT2D eigenvalue weighted by molar-refractivity contribution is 5.96. The van der Waals surface area contributed by atoms with E-state index in [0.29, 0.717) is 24.5 Å². The summed E-state index contributed by atoms with van der Waals surface area (Å²) in [6, 6.07) is 7.22. The Morgan fingerprint density at radius 1 is 1.38 bits per heavy atom. The van der Waals surface area contributed by atoms with Gasteiger partial charge in [-0.15, -0.1) is 0 Å². The number of para-hydroxylation sites is 1. The van der Waals surface area contributed by atoms with E-state index in [2.05, 4.69) is 10.5 Å². The fourth-order valence-electron chi connectivity index (χ4n) is 2.75. The monoisotopic (exact) mass is 330 g/mol. The normalized spacial score (nSPS) is 17.0. The molecular weight excluding hydrogens is 308 g/mol. The van der Waals surface area contributed by atoms with Crippen molar-refractivity contribution in [3.05, 3.63) is 46.8 Å². The summed E-state index contributed by atoms with van der Waals surface area (Å²) in [6.45, 7) is 5.33. The van der Waals surface area contributed by atoms with Gasteiger partial charge in [-0.25, -0.2) is 0 Å². The lowest BCUT2D eigenvalue weighted by molar-refractivity contribution is 0.0854. The summed E-state index contributed by atoms with van der Waals surface area (Å²) in [6.07, 6.45) is 2.16. The van der Waals surface area contributed by atoms with Gasteiger partial charge in [0.15, 0.2) is 0 Å². The number of carbonyl (C=O) groups is 1. The molecule has 1 saturated heterocycles. The van der Waals surface area contributed by atoms with Crippen LogP contribution in [0.2, 0.25) is 0 Å². The Bertz CT molecular complexity index is 685. The van der Waals surface area contributed by atoms with Crippen LogP contribution in [-0.4, -0.2) is 30.3 Å². The molecule has 6 nitrogen and oxygen atoms in total. The number of nitrogens with one attached hydrogen (secondary N) is 1. The number of hydrogen-bond acceptors (Lipinski definition) is 5. The van der Waals surface area contributed by atoms with Crippen LogP contribution in [-0.2, 0) is 11.3 Å². The molecule has 1 aromatic heterocycles. The van der Waals surface area contributed by atoms with Crippen LogP contribution in [0.5, 0.6) is 5.75 Å². The van der Waals surface area contributed by atoms with Crippen LogP contribution in [0.25, 0.3) is 0 Å². The van der Waals surface area contributed by atoms with E-state index in [0.717, 1.165) is 36.5 Å². The first-order valence-electron chi connectivity index (χ1n) is 8.18. The van der Waals surface area contributed by atoms with Gasteiger partial charge in [-0.3, -0.25) is 4.79 Å². The van der Waals surface area contributed by atoms with Crippen molar-refractivity contribution in [2.75, 3.05) is 13.2 Å². The number of ether oxygens (including phenoxy) is 2. The van der Waals surface area contributed by atoms with Crippen LogP contribution in [0.1, 0.15) is 40.2 Å². The number of carbonyl (C=O) groups excluding carboxylic acids is 1. The van der Waals surface area contributed by atoms with Gasteiger partial charge in [-0.05, 0) is 38.8 Å². The van der Waals surface area contributed by atoms with Crippen LogP contribution >= 0.6 is 0 Å². The molecule has 1 aliphatic heterocycles. The first-order valence-corrected chi connectivity index (χ1v) is 8.18. The minimum atomic E-state index is -0.153. The average molecular weight is 330 g/mol. The summed E-state index contributed by atoms with van der Waals surface area (Å²) in [5.41, 5.74) is 2.22. The second-order valence-electron chi connectivity index (χ2n) is 5.93. The Hall–Kier alpha value is -2.34. The zero-order valence-electron chi connectivity index (χ0n) is 14.0. The molecule has 1 amide bonds. The molecule has 0 unspecified atom stereocenters. The van der Waals surface area contributed by atoms with Crippen molar-refractivity contribution in [1.29, 1.82) is 0 Å². The molecule has 1 aliphatic rings. The van der Waals surface area contributed by atoms with E-state index in [-0.39, 0.29) is 12.0 Å². The highest BCUT2D eigenvalue weighted by Crippen LogP contribution is 2.21.